The minimum Gasteiger partial charge on any atom is -0.493 e. The lowest BCUT2D eigenvalue weighted by atomic mass is 10.2. The largest absolute Gasteiger partial charge is 0.493 e. The number of aromatic nitrogens is 2. The summed E-state index contributed by atoms with van der Waals surface area (Å²) >= 11 is 0. The summed E-state index contributed by atoms with van der Waals surface area (Å²) in [4.78, 5) is 24.1. The number of aryl methyl sites for hydroxylation is 3. The Morgan fingerprint density at radius 3 is 2.50 bits per heavy atom. The summed E-state index contributed by atoms with van der Waals surface area (Å²) in [5.41, 5.74) is 1.79. The van der Waals surface area contributed by atoms with Crippen molar-refractivity contribution < 1.29 is 32.8 Å². The van der Waals surface area contributed by atoms with Gasteiger partial charge in [-0.25, -0.2) is 4.79 Å². The lowest BCUT2D eigenvalue weighted by Gasteiger charge is -2.12. The second-order valence-electron chi connectivity index (χ2n) is 6.40. The average molecular weight is 415 g/mol. The van der Waals surface area contributed by atoms with Gasteiger partial charge in [0.05, 0.1) is 23.9 Å². The summed E-state index contributed by atoms with van der Waals surface area (Å²) in [7, 11) is 1.46. The molecule has 1 amide bonds. The summed E-state index contributed by atoms with van der Waals surface area (Å²) in [5.74, 6) is 1.03. The molecule has 158 valence electrons. The Kier molecular flexibility index (Phi) is 6.35. The molecular formula is C20H21N3O7. The van der Waals surface area contributed by atoms with E-state index in [0.29, 0.717) is 23.0 Å². The minimum atomic E-state index is -0.683. The first kappa shape index (κ1) is 20.9. The standard InChI is InChI=1S/C20H21N3O7/c1-11-7-18(23-29-11)21-19(24)10-28-20(25)14-5-6-16(17(8-14)26-4)27-9-15-12(2)22-30-13(15)3/h5-8H,9-10H2,1-4H3,(H,21,23,24). The Labute approximate surface area is 172 Å². The monoisotopic (exact) mass is 415 g/mol. The summed E-state index contributed by atoms with van der Waals surface area (Å²) in [6, 6.07) is 6.13. The van der Waals surface area contributed by atoms with Gasteiger partial charge in [-0.3, -0.25) is 4.79 Å². The number of nitrogens with one attached hydrogen (secondary N) is 1. The lowest BCUT2D eigenvalue weighted by Crippen LogP contribution is -2.21. The van der Waals surface area contributed by atoms with Crippen molar-refractivity contribution in [3.63, 3.8) is 0 Å². The van der Waals surface area contributed by atoms with Crippen molar-refractivity contribution in [1.82, 2.24) is 10.3 Å². The van der Waals surface area contributed by atoms with Gasteiger partial charge in [0, 0.05) is 6.07 Å². The Hall–Kier alpha value is -3.82. The van der Waals surface area contributed by atoms with Crippen molar-refractivity contribution in [2.45, 2.75) is 27.4 Å². The smallest absolute Gasteiger partial charge is 0.338 e. The highest BCUT2D eigenvalue weighted by molar-refractivity contribution is 5.95. The van der Waals surface area contributed by atoms with E-state index in [1.165, 1.54) is 19.2 Å². The molecule has 30 heavy (non-hydrogen) atoms. The van der Waals surface area contributed by atoms with Crippen LogP contribution < -0.4 is 14.8 Å². The third kappa shape index (κ3) is 4.96. The number of carbonyl (C=O) groups excluding carboxylic acids is 2. The van der Waals surface area contributed by atoms with E-state index in [9.17, 15) is 9.59 Å². The first-order valence-corrected chi connectivity index (χ1v) is 9.00. The number of hydrogen-bond donors (Lipinski definition) is 1. The van der Waals surface area contributed by atoms with Crippen LogP contribution in [0.5, 0.6) is 11.5 Å². The highest BCUT2D eigenvalue weighted by atomic mass is 16.5. The van der Waals surface area contributed by atoms with Crippen molar-refractivity contribution in [3.8, 4) is 11.5 Å². The van der Waals surface area contributed by atoms with E-state index in [1.54, 1.807) is 26.0 Å². The number of esters is 1. The van der Waals surface area contributed by atoms with Gasteiger partial charge in [-0.1, -0.05) is 10.3 Å². The van der Waals surface area contributed by atoms with Crippen LogP contribution in [0.4, 0.5) is 5.82 Å². The zero-order chi connectivity index (χ0) is 21.7. The van der Waals surface area contributed by atoms with Crippen LogP contribution in [0.1, 0.15) is 33.1 Å². The lowest BCUT2D eigenvalue weighted by molar-refractivity contribution is -0.119. The van der Waals surface area contributed by atoms with Gasteiger partial charge in [-0.15, -0.1) is 0 Å². The van der Waals surface area contributed by atoms with Crippen LogP contribution in [0.2, 0.25) is 0 Å². The molecule has 0 atom stereocenters. The van der Waals surface area contributed by atoms with Crippen LogP contribution in [0.25, 0.3) is 0 Å². The highest BCUT2D eigenvalue weighted by Gasteiger charge is 2.16. The molecule has 2 heterocycles. The van der Waals surface area contributed by atoms with Crippen molar-refractivity contribution >= 4 is 17.7 Å². The first-order chi connectivity index (χ1) is 14.4. The molecule has 0 fully saturated rings. The number of nitrogens with zero attached hydrogens (tertiary/aromatic N) is 2. The second kappa shape index (κ2) is 9.12. The maximum atomic E-state index is 12.3. The molecule has 0 aliphatic carbocycles. The molecule has 0 bridgehead atoms. The van der Waals surface area contributed by atoms with E-state index < -0.39 is 18.5 Å². The number of carbonyl (C=O) groups is 2. The van der Waals surface area contributed by atoms with Crippen molar-refractivity contribution in [1.29, 1.82) is 0 Å². The summed E-state index contributed by atoms with van der Waals surface area (Å²) in [5, 5.41) is 9.98. The van der Waals surface area contributed by atoms with Crippen molar-refractivity contribution in [2.75, 3.05) is 19.0 Å². The second-order valence-corrected chi connectivity index (χ2v) is 6.40. The third-order valence-corrected chi connectivity index (χ3v) is 4.18. The van der Waals surface area contributed by atoms with Crippen LogP contribution in [-0.4, -0.2) is 35.9 Å². The zero-order valence-corrected chi connectivity index (χ0v) is 17.0. The van der Waals surface area contributed by atoms with E-state index in [-0.39, 0.29) is 18.0 Å². The molecular weight excluding hydrogens is 394 g/mol. The predicted octanol–water partition coefficient (Wildman–Crippen LogP) is 2.97. The number of methoxy groups -OCH3 is 1. The van der Waals surface area contributed by atoms with E-state index in [2.05, 4.69) is 15.6 Å². The molecule has 0 unspecified atom stereocenters. The quantitative estimate of drug-likeness (QED) is 0.552. The average Bonchev–Trinajstić information content (AvgIpc) is 3.28. The van der Waals surface area contributed by atoms with Gasteiger partial charge in [-0.05, 0) is 39.0 Å². The van der Waals surface area contributed by atoms with Crippen LogP contribution in [0.3, 0.4) is 0 Å². The Morgan fingerprint density at radius 1 is 1.07 bits per heavy atom. The van der Waals surface area contributed by atoms with Gasteiger partial charge in [-0.2, -0.15) is 0 Å². The molecule has 0 spiro atoms. The van der Waals surface area contributed by atoms with Gasteiger partial charge in [0.1, 0.15) is 18.1 Å². The van der Waals surface area contributed by atoms with E-state index in [4.69, 9.17) is 23.3 Å². The van der Waals surface area contributed by atoms with Crippen molar-refractivity contribution in [3.05, 3.63) is 52.6 Å². The fraction of sp³-hybridized carbons (Fsp3) is 0.300. The topological polar surface area (TPSA) is 126 Å². The fourth-order valence-electron chi connectivity index (χ4n) is 2.59. The molecule has 0 radical (unpaired) electrons. The molecule has 0 saturated carbocycles. The number of ether oxygens (including phenoxy) is 3. The minimum absolute atomic E-state index is 0.210. The van der Waals surface area contributed by atoms with Gasteiger partial charge in [0.15, 0.2) is 23.9 Å². The van der Waals surface area contributed by atoms with Gasteiger partial charge < -0.3 is 28.6 Å². The van der Waals surface area contributed by atoms with Crippen LogP contribution in [0, 0.1) is 20.8 Å². The normalized spacial score (nSPS) is 10.5. The van der Waals surface area contributed by atoms with E-state index >= 15 is 0 Å². The Bertz CT molecular complexity index is 1040. The first-order valence-electron chi connectivity index (χ1n) is 9.00. The SMILES string of the molecule is COc1cc(C(=O)OCC(=O)Nc2cc(C)on2)ccc1OCc1c(C)noc1C. The number of benzene rings is 1. The van der Waals surface area contributed by atoms with Crippen LogP contribution in [0.15, 0.2) is 33.3 Å². The van der Waals surface area contributed by atoms with Crippen LogP contribution in [-0.2, 0) is 16.1 Å². The van der Waals surface area contributed by atoms with Crippen molar-refractivity contribution in [2.24, 2.45) is 0 Å². The summed E-state index contributed by atoms with van der Waals surface area (Å²) < 4.78 is 26.1. The number of hydrogen-bond acceptors (Lipinski definition) is 9. The molecule has 3 rings (SSSR count). The van der Waals surface area contributed by atoms with Gasteiger partial charge in [0.2, 0.25) is 0 Å². The predicted molar refractivity (Wildman–Crippen MR) is 103 cm³/mol. The zero-order valence-electron chi connectivity index (χ0n) is 17.0. The fourth-order valence-corrected chi connectivity index (χ4v) is 2.59. The molecule has 3 aromatic rings. The third-order valence-electron chi connectivity index (χ3n) is 4.18. The highest BCUT2D eigenvalue weighted by Crippen LogP contribution is 2.29. The maximum absolute atomic E-state index is 12.3. The number of amides is 1. The van der Waals surface area contributed by atoms with Crippen LogP contribution >= 0.6 is 0 Å². The number of anilines is 1. The summed E-state index contributed by atoms with van der Waals surface area (Å²) in [6.07, 6.45) is 0. The molecule has 1 aromatic carbocycles. The van der Waals surface area contributed by atoms with E-state index in [1.807, 2.05) is 6.92 Å². The summed E-state index contributed by atoms with van der Waals surface area (Å²) in [6.45, 7) is 5.08. The Morgan fingerprint density at radius 2 is 1.87 bits per heavy atom. The molecule has 2 aromatic heterocycles. The molecule has 1 N–H and O–H groups in total. The molecule has 10 heteroatoms. The molecule has 10 nitrogen and oxygen atoms in total. The number of rotatable bonds is 8. The maximum Gasteiger partial charge on any atom is 0.338 e. The molecule has 0 aliphatic rings. The molecule has 0 saturated heterocycles. The van der Waals surface area contributed by atoms with Gasteiger partial charge in [0.25, 0.3) is 5.91 Å². The van der Waals surface area contributed by atoms with E-state index in [0.717, 1.165) is 11.3 Å². The molecule has 0 aliphatic heterocycles. The Balaban J connectivity index is 1.59. The van der Waals surface area contributed by atoms with Gasteiger partial charge >= 0.3 is 5.97 Å².